The zero-order chi connectivity index (χ0) is 11.4. The van der Waals surface area contributed by atoms with Crippen molar-refractivity contribution in [1.29, 1.82) is 0 Å². The Morgan fingerprint density at radius 1 is 1.50 bits per heavy atom. The maximum Gasteiger partial charge on any atom is 0.0141 e. The highest BCUT2D eigenvalue weighted by Gasteiger charge is 2.29. The van der Waals surface area contributed by atoms with Crippen molar-refractivity contribution in [2.45, 2.75) is 45.1 Å². The maximum absolute atomic E-state index is 3.53. The van der Waals surface area contributed by atoms with Crippen molar-refractivity contribution in [2.75, 3.05) is 7.05 Å². The first-order valence-corrected chi connectivity index (χ1v) is 7.41. The average molecular weight is 237 g/mol. The zero-order valence-corrected chi connectivity index (χ0v) is 11.2. The molecule has 1 aliphatic rings. The van der Waals surface area contributed by atoms with E-state index in [1.165, 1.54) is 37.0 Å². The normalized spacial score (nSPS) is 27.1. The van der Waals surface area contributed by atoms with Crippen LogP contribution in [-0.2, 0) is 6.42 Å². The van der Waals surface area contributed by atoms with Gasteiger partial charge in [0.1, 0.15) is 0 Å². The third-order valence-corrected chi connectivity index (χ3v) is 5.00. The molecule has 1 aromatic heterocycles. The Morgan fingerprint density at radius 3 is 2.94 bits per heavy atom. The summed E-state index contributed by atoms with van der Waals surface area (Å²) in [4.78, 5) is 1.53. The van der Waals surface area contributed by atoms with E-state index >= 15 is 0 Å². The van der Waals surface area contributed by atoms with Gasteiger partial charge in [0.25, 0.3) is 0 Å². The first-order valence-electron chi connectivity index (χ1n) is 6.53. The van der Waals surface area contributed by atoms with E-state index in [9.17, 15) is 0 Å². The Bertz CT molecular complexity index is 294. The van der Waals surface area contributed by atoms with Gasteiger partial charge in [-0.3, -0.25) is 0 Å². The van der Waals surface area contributed by atoms with Gasteiger partial charge in [0.2, 0.25) is 0 Å². The Balaban J connectivity index is 1.90. The van der Waals surface area contributed by atoms with E-state index in [0.717, 1.165) is 11.8 Å². The minimum Gasteiger partial charge on any atom is -0.316 e. The summed E-state index contributed by atoms with van der Waals surface area (Å²) < 4.78 is 0. The molecule has 0 amide bonds. The van der Waals surface area contributed by atoms with E-state index in [1.807, 2.05) is 11.3 Å². The third-order valence-electron chi connectivity index (χ3n) is 4.10. The van der Waals surface area contributed by atoms with E-state index in [1.54, 1.807) is 0 Å². The maximum atomic E-state index is 3.53. The van der Waals surface area contributed by atoms with Gasteiger partial charge in [-0.25, -0.2) is 0 Å². The first kappa shape index (κ1) is 12.1. The van der Waals surface area contributed by atoms with E-state index in [4.69, 9.17) is 0 Å². The molecule has 3 atom stereocenters. The third kappa shape index (κ3) is 2.86. The van der Waals surface area contributed by atoms with Gasteiger partial charge >= 0.3 is 0 Å². The molecule has 16 heavy (non-hydrogen) atoms. The lowest BCUT2D eigenvalue weighted by Gasteiger charge is -2.22. The second kappa shape index (κ2) is 5.83. The fourth-order valence-electron chi connectivity index (χ4n) is 3.00. The molecule has 90 valence electrons. The van der Waals surface area contributed by atoms with Crippen LogP contribution in [0.5, 0.6) is 0 Å². The molecule has 1 saturated carbocycles. The molecule has 2 heteroatoms. The standard InChI is InChI=1S/C14H23NS/c1-3-11-6-7-12(9-11)14(15-2)10-13-5-4-8-16-13/h4-5,8,11-12,14-15H,3,6-7,9-10H2,1-2H3. The van der Waals surface area contributed by atoms with Crippen molar-refractivity contribution in [1.82, 2.24) is 5.32 Å². The fourth-order valence-corrected chi connectivity index (χ4v) is 3.76. The van der Waals surface area contributed by atoms with Gasteiger partial charge in [0, 0.05) is 10.9 Å². The van der Waals surface area contributed by atoms with Crippen LogP contribution in [0, 0.1) is 11.8 Å². The van der Waals surface area contributed by atoms with Gasteiger partial charge in [0.05, 0.1) is 0 Å². The topological polar surface area (TPSA) is 12.0 Å². The van der Waals surface area contributed by atoms with Crippen LogP contribution in [0.25, 0.3) is 0 Å². The first-order chi connectivity index (χ1) is 7.83. The van der Waals surface area contributed by atoms with Gasteiger partial charge in [0.15, 0.2) is 0 Å². The van der Waals surface area contributed by atoms with Crippen LogP contribution in [0.4, 0.5) is 0 Å². The van der Waals surface area contributed by atoms with Gasteiger partial charge in [-0.05, 0) is 49.6 Å². The van der Waals surface area contributed by atoms with Crippen molar-refractivity contribution in [3.8, 4) is 0 Å². The number of likely N-dealkylation sites (N-methyl/N-ethyl adjacent to an activating group) is 1. The molecular formula is C14H23NS. The van der Waals surface area contributed by atoms with Crippen molar-refractivity contribution in [2.24, 2.45) is 11.8 Å². The molecule has 0 saturated heterocycles. The number of rotatable bonds is 5. The SMILES string of the molecule is CCC1CCC(C(Cc2cccs2)NC)C1. The monoisotopic (exact) mass is 237 g/mol. The second-order valence-electron chi connectivity index (χ2n) is 5.03. The van der Waals surface area contributed by atoms with Crippen LogP contribution in [0.1, 0.15) is 37.5 Å². The van der Waals surface area contributed by atoms with E-state index in [0.29, 0.717) is 6.04 Å². The van der Waals surface area contributed by atoms with Crippen molar-refractivity contribution < 1.29 is 0 Å². The molecular weight excluding hydrogens is 214 g/mol. The average Bonchev–Trinajstić information content (AvgIpc) is 2.96. The Labute approximate surface area is 103 Å². The lowest BCUT2D eigenvalue weighted by Crippen LogP contribution is -2.34. The summed E-state index contributed by atoms with van der Waals surface area (Å²) in [5.41, 5.74) is 0. The van der Waals surface area contributed by atoms with Crippen molar-refractivity contribution >= 4 is 11.3 Å². The van der Waals surface area contributed by atoms with Gasteiger partial charge < -0.3 is 5.32 Å². The highest BCUT2D eigenvalue weighted by atomic mass is 32.1. The Kier molecular flexibility index (Phi) is 4.42. The lowest BCUT2D eigenvalue weighted by molar-refractivity contribution is 0.363. The van der Waals surface area contributed by atoms with Crippen LogP contribution in [-0.4, -0.2) is 13.1 Å². The smallest absolute Gasteiger partial charge is 0.0141 e. The summed E-state index contributed by atoms with van der Waals surface area (Å²) >= 11 is 1.89. The number of hydrogen-bond donors (Lipinski definition) is 1. The van der Waals surface area contributed by atoms with Gasteiger partial charge in [-0.15, -0.1) is 11.3 Å². The van der Waals surface area contributed by atoms with Crippen LogP contribution >= 0.6 is 11.3 Å². The molecule has 1 heterocycles. The zero-order valence-electron chi connectivity index (χ0n) is 10.4. The minimum atomic E-state index is 0.690. The van der Waals surface area contributed by atoms with Crippen LogP contribution in [0.3, 0.4) is 0 Å². The van der Waals surface area contributed by atoms with Crippen molar-refractivity contribution in [3.05, 3.63) is 22.4 Å². The number of thiophene rings is 1. The van der Waals surface area contributed by atoms with Gasteiger partial charge in [-0.2, -0.15) is 0 Å². The molecule has 1 aliphatic carbocycles. The molecule has 0 aromatic carbocycles. The minimum absolute atomic E-state index is 0.690. The molecule has 1 aromatic rings. The molecule has 1 N–H and O–H groups in total. The molecule has 0 spiro atoms. The molecule has 1 fully saturated rings. The van der Waals surface area contributed by atoms with E-state index in [2.05, 4.69) is 36.8 Å². The summed E-state index contributed by atoms with van der Waals surface area (Å²) in [6.45, 7) is 2.33. The Hall–Kier alpha value is -0.340. The quantitative estimate of drug-likeness (QED) is 0.823. The molecule has 3 unspecified atom stereocenters. The van der Waals surface area contributed by atoms with E-state index < -0.39 is 0 Å². The largest absolute Gasteiger partial charge is 0.316 e. The van der Waals surface area contributed by atoms with Gasteiger partial charge in [-0.1, -0.05) is 25.8 Å². The van der Waals surface area contributed by atoms with Crippen molar-refractivity contribution in [3.63, 3.8) is 0 Å². The molecule has 1 nitrogen and oxygen atoms in total. The summed E-state index contributed by atoms with van der Waals surface area (Å²) in [6, 6.07) is 5.12. The lowest BCUT2D eigenvalue weighted by atomic mass is 9.93. The summed E-state index contributed by atoms with van der Waals surface area (Å²) in [5, 5.41) is 5.72. The molecule has 0 radical (unpaired) electrons. The van der Waals surface area contributed by atoms with Crippen LogP contribution < -0.4 is 5.32 Å². The fraction of sp³-hybridized carbons (Fsp3) is 0.714. The van der Waals surface area contributed by atoms with Crippen LogP contribution in [0.2, 0.25) is 0 Å². The van der Waals surface area contributed by atoms with Crippen LogP contribution in [0.15, 0.2) is 17.5 Å². The highest BCUT2D eigenvalue weighted by molar-refractivity contribution is 7.09. The predicted octanol–water partition coefficient (Wildman–Crippen LogP) is 3.70. The number of nitrogens with one attached hydrogen (secondary N) is 1. The Morgan fingerprint density at radius 2 is 2.38 bits per heavy atom. The van der Waals surface area contributed by atoms with E-state index in [-0.39, 0.29) is 0 Å². The molecule has 0 aliphatic heterocycles. The summed E-state index contributed by atoms with van der Waals surface area (Å²) in [5.74, 6) is 1.89. The highest BCUT2D eigenvalue weighted by Crippen LogP contribution is 2.35. The summed E-state index contributed by atoms with van der Waals surface area (Å²) in [6.07, 6.45) is 6.90. The molecule has 2 rings (SSSR count). The summed E-state index contributed by atoms with van der Waals surface area (Å²) in [7, 11) is 2.12. The predicted molar refractivity (Wildman–Crippen MR) is 72.0 cm³/mol. The number of hydrogen-bond acceptors (Lipinski definition) is 2. The second-order valence-corrected chi connectivity index (χ2v) is 6.06. The molecule has 0 bridgehead atoms.